The van der Waals surface area contributed by atoms with Gasteiger partial charge in [-0.3, -0.25) is 4.79 Å². The van der Waals surface area contributed by atoms with E-state index in [1.165, 1.54) is 0 Å². The van der Waals surface area contributed by atoms with Gasteiger partial charge in [-0.15, -0.1) is 0 Å². The molecule has 5 heteroatoms. The normalized spacial score (nSPS) is 10.3. The Labute approximate surface area is 105 Å². The molecule has 0 atom stereocenters. The number of aryl methyl sites for hydroxylation is 1. The Balaban J connectivity index is 2.41. The summed E-state index contributed by atoms with van der Waals surface area (Å²) < 4.78 is 5.43. The molecule has 5 nitrogen and oxygen atoms in total. The SMILES string of the molecule is CCOc1cccc(-c2nc(C(N)=O)[nH]c2C)c1. The number of imidazole rings is 1. The molecular formula is C13H15N3O2. The van der Waals surface area contributed by atoms with Gasteiger partial charge in [0.1, 0.15) is 5.75 Å². The molecule has 3 N–H and O–H groups in total. The lowest BCUT2D eigenvalue weighted by Gasteiger charge is -2.04. The zero-order valence-electron chi connectivity index (χ0n) is 10.4. The van der Waals surface area contributed by atoms with Crippen LogP contribution in [0.25, 0.3) is 11.3 Å². The monoisotopic (exact) mass is 245 g/mol. The van der Waals surface area contributed by atoms with Crippen LogP contribution in [-0.2, 0) is 0 Å². The highest BCUT2D eigenvalue weighted by Crippen LogP contribution is 2.25. The number of ether oxygens (including phenoxy) is 1. The zero-order chi connectivity index (χ0) is 13.1. The van der Waals surface area contributed by atoms with Crippen molar-refractivity contribution in [1.82, 2.24) is 9.97 Å². The summed E-state index contributed by atoms with van der Waals surface area (Å²) in [5.74, 6) is 0.382. The molecule has 0 bridgehead atoms. The molecule has 0 fully saturated rings. The number of hydrogen-bond donors (Lipinski definition) is 2. The predicted molar refractivity (Wildman–Crippen MR) is 68.4 cm³/mol. The fraction of sp³-hybridized carbons (Fsp3) is 0.231. The van der Waals surface area contributed by atoms with E-state index in [9.17, 15) is 4.79 Å². The average molecular weight is 245 g/mol. The van der Waals surface area contributed by atoms with Gasteiger partial charge in [0.05, 0.1) is 12.3 Å². The molecule has 0 unspecified atom stereocenters. The molecule has 0 aliphatic carbocycles. The number of carbonyl (C=O) groups is 1. The first-order valence-electron chi connectivity index (χ1n) is 5.71. The van der Waals surface area contributed by atoms with Gasteiger partial charge < -0.3 is 15.5 Å². The third-order valence-electron chi connectivity index (χ3n) is 2.54. The quantitative estimate of drug-likeness (QED) is 0.863. The molecule has 0 aliphatic heterocycles. The fourth-order valence-electron chi connectivity index (χ4n) is 1.76. The Bertz CT molecular complexity index is 575. The third-order valence-corrected chi connectivity index (χ3v) is 2.54. The molecule has 0 radical (unpaired) electrons. The zero-order valence-corrected chi connectivity index (χ0v) is 10.4. The van der Waals surface area contributed by atoms with Crippen molar-refractivity contribution in [2.24, 2.45) is 5.73 Å². The number of nitrogens with zero attached hydrogens (tertiary/aromatic N) is 1. The molecule has 0 saturated carbocycles. The molecule has 0 aliphatic rings. The van der Waals surface area contributed by atoms with Crippen molar-refractivity contribution in [3.63, 3.8) is 0 Å². The lowest BCUT2D eigenvalue weighted by Crippen LogP contribution is -2.12. The van der Waals surface area contributed by atoms with Crippen LogP contribution >= 0.6 is 0 Å². The highest BCUT2D eigenvalue weighted by molar-refractivity contribution is 5.90. The van der Waals surface area contributed by atoms with Crippen LogP contribution in [0.1, 0.15) is 23.2 Å². The largest absolute Gasteiger partial charge is 0.494 e. The van der Waals surface area contributed by atoms with Gasteiger partial charge in [0, 0.05) is 11.3 Å². The minimum Gasteiger partial charge on any atom is -0.494 e. The van der Waals surface area contributed by atoms with E-state index in [2.05, 4.69) is 9.97 Å². The highest BCUT2D eigenvalue weighted by atomic mass is 16.5. The highest BCUT2D eigenvalue weighted by Gasteiger charge is 2.12. The van der Waals surface area contributed by atoms with Gasteiger partial charge in [0.15, 0.2) is 5.82 Å². The number of carbonyl (C=O) groups excluding carboxylic acids is 1. The molecule has 1 aromatic carbocycles. The van der Waals surface area contributed by atoms with E-state index in [-0.39, 0.29) is 5.82 Å². The molecule has 1 amide bonds. The van der Waals surface area contributed by atoms with Gasteiger partial charge >= 0.3 is 0 Å². The first-order valence-corrected chi connectivity index (χ1v) is 5.71. The summed E-state index contributed by atoms with van der Waals surface area (Å²) in [6.07, 6.45) is 0. The number of benzene rings is 1. The van der Waals surface area contributed by atoms with Gasteiger partial charge in [0.25, 0.3) is 5.91 Å². The van der Waals surface area contributed by atoms with Gasteiger partial charge in [0.2, 0.25) is 0 Å². The van der Waals surface area contributed by atoms with E-state index < -0.39 is 5.91 Å². The Hall–Kier alpha value is -2.30. The van der Waals surface area contributed by atoms with Crippen LogP contribution in [0.4, 0.5) is 0 Å². The van der Waals surface area contributed by atoms with Crippen molar-refractivity contribution in [2.45, 2.75) is 13.8 Å². The van der Waals surface area contributed by atoms with Crippen molar-refractivity contribution in [1.29, 1.82) is 0 Å². The van der Waals surface area contributed by atoms with E-state index in [0.717, 1.165) is 17.0 Å². The predicted octanol–water partition coefficient (Wildman–Crippen LogP) is 1.88. The number of nitrogens with one attached hydrogen (secondary N) is 1. The number of rotatable bonds is 4. The van der Waals surface area contributed by atoms with Crippen LogP contribution in [-0.4, -0.2) is 22.5 Å². The molecule has 2 rings (SSSR count). The summed E-state index contributed by atoms with van der Waals surface area (Å²) in [7, 11) is 0. The second kappa shape index (κ2) is 4.91. The molecule has 0 saturated heterocycles. The Kier molecular flexibility index (Phi) is 3.32. The topological polar surface area (TPSA) is 81.0 Å². The summed E-state index contributed by atoms with van der Waals surface area (Å²) in [6, 6.07) is 7.57. The number of aromatic nitrogens is 2. The van der Waals surface area contributed by atoms with E-state index in [0.29, 0.717) is 12.3 Å². The van der Waals surface area contributed by atoms with Crippen molar-refractivity contribution in [3.05, 3.63) is 35.8 Å². The molecule has 18 heavy (non-hydrogen) atoms. The summed E-state index contributed by atoms with van der Waals surface area (Å²) in [4.78, 5) is 18.1. The number of primary amides is 1. The van der Waals surface area contributed by atoms with Crippen LogP contribution in [0, 0.1) is 6.92 Å². The van der Waals surface area contributed by atoms with Crippen molar-refractivity contribution in [3.8, 4) is 17.0 Å². The number of aromatic amines is 1. The number of H-pyrrole nitrogens is 1. The maximum absolute atomic E-state index is 11.1. The molecule has 0 spiro atoms. The maximum Gasteiger partial charge on any atom is 0.284 e. The van der Waals surface area contributed by atoms with Crippen LogP contribution in [0.3, 0.4) is 0 Å². The van der Waals surface area contributed by atoms with Crippen LogP contribution < -0.4 is 10.5 Å². The Morgan fingerprint density at radius 2 is 2.28 bits per heavy atom. The second-order valence-electron chi connectivity index (χ2n) is 3.88. The molecule has 2 aromatic rings. The smallest absolute Gasteiger partial charge is 0.284 e. The average Bonchev–Trinajstić information content (AvgIpc) is 2.72. The van der Waals surface area contributed by atoms with Gasteiger partial charge in [-0.1, -0.05) is 12.1 Å². The van der Waals surface area contributed by atoms with Gasteiger partial charge in [-0.05, 0) is 26.0 Å². The van der Waals surface area contributed by atoms with Crippen LogP contribution in [0.2, 0.25) is 0 Å². The summed E-state index contributed by atoms with van der Waals surface area (Å²) in [5, 5.41) is 0. The standard InChI is InChI=1S/C13H15N3O2/c1-3-18-10-6-4-5-9(7-10)11-8(2)15-13(16-11)12(14)17/h4-7H,3H2,1-2H3,(H2,14,17)(H,15,16). The lowest BCUT2D eigenvalue weighted by atomic mass is 10.1. The second-order valence-corrected chi connectivity index (χ2v) is 3.88. The molecule has 1 heterocycles. The summed E-state index contributed by atoms with van der Waals surface area (Å²) >= 11 is 0. The first-order chi connectivity index (χ1) is 8.61. The van der Waals surface area contributed by atoms with E-state index in [1.54, 1.807) is 0 Å². The van der Waals surface area contributed by atoms with Gasteiger partial charge in [-0.25, -0.2) is 4.98 Å². The molecular weight excluding hydrogens is 230 g/mol. The number of hydrogen-bond acceptors (Lipinski definition) is 3. The van der Waals surface area contributed by atoms with E-state index >= 15 is 0 Å². The minimum atomic E-state index is -0.565. The van der Waals surface area contributed by atoms with Crippen LogP contribution in [0.5, 0.6) is 5.75 Å². The van der Waals surface area contributed by atoms with Crippen molar-refractivity contribution in [2.75, 3.05) is 6.61 Å². The lowest BCUT2D eigenvalue weighted by molar-refractivity contribution is 0.0991. The van der Waals surface area contributed by atoms with Crippen molar-refractivity contribution >= 4 is 5.91 Å². The number of amides is 1. The Morgan fingerprint density at radius 3 is 2.89 bits per heavy atom. The molecule has 1 aromatic heterocycles. The van der Waals surface area contributed by atoms with E-state index in [4.69, 9.17) is 10.5 Å². The summed E-state index contributed by atoms with van der Waals surface area (Å²) in [5.41, 5.74) is 7.60. The maximum atomic E-state index is 11.1. The number of nitrogens with two attached hydrogens (primary N) is 1. The van der Waals surface area contributed by atoms with Crippen molar-refractivity contribution < 1.29 is 9.53 Å². The minimum absolute atomic E-state index is 0.171. The Morgan fingerprint density at radius 1 is 1.50 bits per heavy atom. The fourth-order valence-corrected chi connectivity index (χ4v) is 1.76. The van der Waals surface area contributed by atoms with Crippen LogP contribution in [0.15, 0.2) is 24.3 Å². The summed E-state index contributed by atoms with van der Waals surface area (Å²) in [6.45, 7) is 4.38. The molecule has 94 valence electrons. The first kappa shape index (κ1) is 12.2. The van der Waals surface area contributed by atoms with E-state index in [1.807, 2.05) is 38.1 Å². The third kappa shape index (κ3) is 2.34. The van der Waals surface area contributed by atoms with Gasteiger partial charge in [-0.2, -0.15) is 0 Å².